The molecule has 2 rings (SSSR count). The summed E-state index contributed by atoms with van der Waals surface area (Å²) in [6.45, 7) is 6.64. The van der Waals surface area contributed by atoms with E-state index in [4.69, 9.17) is 21.1 Å². The summed E-state index contributed by atoms with van der Waals surface area (Å²) in [5.41, 5.74) is 0.849. The maximum absolute atomic E-state index is 12.0. The van der Waals surface area contributed by atoms with Crippen LogP contribution in [0, 0.1) is 0 Å². The lowest BCUT2D eigenvalue weighted by atomic mass is 10.0. The Kier molecular flexibility index (Phi) is 5.25. The van der Waals surface area contributed by atoms with Crippen molar-refractivity contribution in [2.75, 3.05) is 13.2 Å². The third-order valence-corrected chi connectivity index (χ3v) is 3.45. The van der Waals surface area contributed by atoms with Crippen molar-refractivity contribution in [3.05, 3.63) is 34.9 Å². The minimum Gasteiger partial charge on any atom is -0.373 e. The van der Waals surface area contributed by atoms with Gasteiger partial charge in [0.05, 0.1) is 24.9 Å². The lowest BCUT2D eigenvalue weighted by Crippen LogP contribution is -2.53. The highest BCUT2D eigenvalue weighted by Gasteiger charge is 2.30. The molecule has 1 amide bonds. The van der Waals surface area contributed by atoms with Crippen LogP contribution in [0.4, 0.5) is 0 Å². The van der Waals surface area contributed by atoms with Crippen LogP contribution < -0.4 is 5.32 Å². The zero-order valence-electron chi connectivity index (χ0n) is 12.7. The fourth-order valence-electron chi connectivity index (χ4n) is 2.11. The Morgan fingerprint density at radius 1 is 1.33 bits per heavy atom. The number of morpholine rings is 1. The van der Waals surface area contributed by atoms with Gasteiger partial charge in [0.1, 0.15) is 0 Å². The van der Waals surface area contributed by atoms with Gasteiger partial charge in [-0.05, 0) is 44.9 Å². The van der Waals surface area contributed by atoms with Crippen LogP contribution >= 0.6 is 11.6 Å². The molecule has 0 aromatic heterocycles. The molecule has 5 heteroatoms. The van der Waals surface area contributed by atoms with Crippen LogP contribution in [0.5, 0.6) is 0 Å². The number of nitrogens with one attached hydrogen (secondary N) is 1. The molecule has 0 radical (unpaired) electrons. The predicted molar refractivity (Wildman–Crippen MR) is 82.5 cm³/mol. The molecular formula is C16H22ClNO3. The van der Waals surface area contributed by atoms with Crippen LogP contribution in [0.25, 0.3) is 0 Å². The third-order valence-electron chi connectivity index (χ3n) is 3.20. The normalized spacial score (nSPS) is 23.0. The van der Waals surface area contributed by atoms with E-state index in [1.807, 2.05) is 45.0 Å². The smallest absolute Gasteiger partial charge is 0.251 e. The maximum atomic E-state index is 12.0. The lowest BCUT2D eigenvalue weighted by molar-refractivity contribution is -0.150. The molecule has 116 valence electrons. The fourth-order valence-corrected chi connectivity index (χ4v) is 2.23. The number of halogens is 1. The molecule has 1 fully saturated rings. The Morgan fingerprint density at radius 2 is 2.00 bits per heavy atom. The van der Waals surface area contributed by atoms with Crippen molar-refractivity contribution in [3.63, 3.8) is 0 Å². The third kappa shape index (κ3) is 5.30. The highest BCUT2D eigenvalue weighted by Crippen LogP contribution is 2.14. The average molecular weight is 312 g/mol. The first-order valence-electron chi connectivity index (χ1n) is 7.14. The summed E-state index contributed by atoms with van der Waals surface area (Å²) in [5, 5.41) is 3.70. The van der Waals surface area contributed by atoms with E-state index in [1.165, 1.54) is 0 Å². The van der Waals surface area contributed by atoms with Gasteiger partial charge in [0.25, 0.3) is 5.91 Å². The molecule has 21 heavy (non-hydrogen) atoms. The molecule has 4 nitrogen and oxygen atoms in total. The van der Waals surface area contributed by atoms with Crippen molar-refractivity contribution in [3.8, 4) is 0 Å². The number of hydrogen-bond donors (Lipinski definition) is 1. The second-order valence-corrected chi connectivity index (χ2v) is 6.72. The van der Waals surface area contributed by atoms with E-state index in [0.29, 0.717) is 11.6 Å². The van der Waals surface area contributed by atoms with Crippen LogP contribution in [-0.2, 0) is 20.7 Å². The fraction of sp³-hybridized carbons (Fsp3) is 0.562. The van der Waals surface area contributed by atoms with E-state index >= 15 is 0 Å². The van der Waals surface area contributed by atoms with Crippen LogP contribution in [0.3, 0.4) is 0 Å². The number of rotatable bonds is 4. The summed E-state index contributed by atoms with van der Waals surface area (Å²) in [6.07, 6.45) is 0.209. The first kappa shape index (κ1) is 16.3. The van der Waals surface area contributed by atoms with E-state index in [-0.39, 0.29) is 24.2 Å². The first-order valence-corrected chi connectivity index (χ1v) is 7.52. The quantitative estimate of drug-likeness (QED) is 0.929. The topological polar surface area (TPSA) is 47.6 Å². The molecule has 1 aromatic rings. The van der Waals surface area contributed by atoms with E-state index in [1.54, 1.807) is 0 Å². The van der Waals surface area contributed by atoms with Crippen molar-refractivity contribution in [2.45, 2.75) is 44.9 Å². The summed E-state index contributed by atoms with van der Waals surface area (Å²) in [7, 11) is 0. The summed E-state index contributed by atoms with van der Waals surface area (Å²) in [6, 6.07) is 7.61. The van der Waals surface area contributed by atoms with Crippen molar-refractivity contribution in [2.24, 2.45) is 0 Å². The number of ether oxygens (including phenoxy) is 2. The van der Waals surface area contributed by atoms with E-state index in [0.717, 1.165) is 12.0 Å². The molecule has 2 atom stereocenters. The van der Waals surface area contributed by atoms with Gasteiger partial charge in [0, 0.05) is 5.02 Å². The summed E-state index contributed by atoms with van der Waals surface area (Å²) < 4.78 is 11.2. The van der Waals surface area contributed by atoms with Gasteiger partial charge in [-0.3, -0.25) is 4.79 Å². The van der Waals surface area contributed by atoms with Crippen LogP contribution in [0.2, 0.25) is 5.02 Å². The molecule has 0 saturated carbocycles. The van der Waals surface area contributed by atoms with E-state index in [2.05, 4.69) is 5.32 Å². The first-order chi connectivity index (χ1) is 9.83. The van der Waals surface area contributed by atoms with Crippen LogP contribution in [0.1, 0.15) is 26.3 Å². The number of carbonyl (C=O) groups is 1. The van der Waals surface area contributed by atoms with Gasteiger partial charge in [-0.15, -0.1) is 0 Å². The minimum absolute atomic E-state index is 0.00966. The van der Waals surface area contributed by atoms with Crippen LogP contribution in [-0.4, -0.2) is 36.9 Å². The standard InChI is InChI=1S/C16H22ClNO3/c1-16(2,3)21-10-14-15(19)18-13(9-20-14)8-11-4-6-12(17)7-5-11/h4-7,13-14H,8-10H2,1-3H3,(H,18,19)/t13-,14-/m0/s1. The van der Waals surface area contributed by atoms with Crippen molar-refractivity contribution < 1.29 is 14.3 Å². The van der Waals surface area contributed by atoms with E-state index < -0.39 is 6.10 Å². The summed E-state index contributed by atoms with van der Waals surface area (Å²) in [4.78, 5) is 12.0. The molecule has 1 saturated heterocycles. The Morgan fingerprint density at radius 3 is 2.57 bits per heavy atom. The number of carbonyl (C=O) groups excluding carboxylic acids is 1. The lowest BCUT2D eigenvalue weighted by Gasteiger charge is -2.31. The molecule has 1 N–H and O–H groups in total. The summed E-state index contributed by atoms with van der Waals surface area (Å²) >= 11 is 5.86. The Balaban J connectivity index is 1.83. The number of hydrogen-bond acceptors (Lipinski definition) is 3. The molecule has 0 bridgehead atoms. The second-order valence-electron chi connectivity index (χ2n) is 6.28. The number of benzene rings is 1. The van der Waals surface area contributed by atoms with Crippen molar-refractivity contribution in [1.29, 1.82) is 0 Å². The van der Waals surface area contributed by atoms with Gasteiger partial charge >= 0.3 is 0 Å². The van der Waals surface area contributed by atoms with Crippen molar-refractivity contribution >= 4 is 17.5 Å². The van der Waals surface area contributed by atoms with Gasteiger partial charge in [0.2, 0.25) is 0 Å². The van der Waals surface area contributed by atoms with Crippen LogP contribution in [0.15, 0.2) is 24.3 Å². The average Bonchev–Trinajstić information content (AvgIpc) is 2.39. The molecule has 0 aliphatic carbocycles. The largest absolute Gasteiger partial charge is 0.373 e. The summed E-state index contributed by atoms with van der Waals surface area (Å²) in [5.74, 6) is -0.107. The zero-order valence-corrected chi connectivity index (χ0v) is 13.4. The SMILES string of the molecule is CC(C)(C)OC[C@@H]1OC[C@H](Cc2ccc(Cl)cc2)NC1=O. The Labute approximate surface area is 130 Å². The van der Waals surface area contributed by atoms with Gasteiger partial charge in [-0.2, -0.15) is 0 Å². The molecule has 1 aromatic carbocycles. The Bertz CT molecular complexity index is 481. The maximum Gasteiger partial charge on any atom is 0.251 e. The van der Waals surface area contributed by atoms with Gasteiger partial charge in [0.15, 0.2) is 6.10 Å². The molecule has 1 aliphatic rings. The molecule has 0 unspecified atom stereocenters. The van der Waals surface area contributed by atoms with Crippen molar-refractivity contribution in [1.82, 2.24) is 5.32 Å². The van der Waals surface area contributed by atoms with Gasteiger partial charge < -0.3 is 14.8 Å². The van der Waals surface area contributed by atoms with E-state index in [9.17, 15) is 4.79 Å². The molecule has 1 heterocycles. The predicted octanol–water partition coefficient (Wildman–Crippen LogP) is 2.58. The highest BCUT2D eigenvalue weighted by atomic mass is 35.5. The zero-order chi connectivity index (χ0) is 15.5. The molecule has 1 aliphatic heterocycles. The molecule has 0 spiro atoms. The Hall–Kier alpha value is -1.10. The monoisotopic (exact) mass is 311 g/mol. The van der Waals surface area contributed by atoms with Gasteiger partial charge in [-0.1, -0.05) is 23.7 Å². The highest BCUT2D eigenvalue weighted by molar-refractivity contribution is 6.30. The van der Waals surface area contributed by atoms with Gasteiger partial charge in [-0.25, -0.2) is 0 Å². The number of amides is 1. The molecular weight excluding hydrogens is 290 g/mol. The second kappa shape index (κ2) is 6.77. The minimum atomic E-state index is -0.523.